The summed E-state index contributed by atoms with van der Waals surface area (Å²) in [6.45, 7) is 5.32. The topological polar surface area (TPSA) is 34.0 Å². The maximum atomic E-state index is 5.95. The molecule has 0 aromatic carbocycles. The molecule has 0 saturated carbocycles. The fraction of sp³-hybridized carbons (Fsp3) is 0.500. The minimum absolute atomic E-state index is 0.532. The zero-order chi connectivity index (χ0) is 12.0. The summed E-state index contributed by atoms with van der Waals surface area (Å²) >= 11 is 5.95. The SMILES string of the molecule is Cc1nc2ccc(Cl)nc2n1CC1CN(C)C1. The van der Waals surface area contributed by atoms with Crippen LogP contribution in [0.3, 0.4) is 0 Å². The summed E-state index contributed by atoms with van der Waals surface area (Å²) in [7, 11) is 2.14. The Morgan fingerprint density at radius 3 is 2.82 bits per heavy atom. The van der Waals surface area contributed by atoms with Crippen molar-refractivity contribution in [2.75, 3.05) is 20.1 Å². The highest BCUT2D eigenvalue weighted by atomic mass is 35.5. The predicted octanol–water partition coefficient (Wildman–Crippen LogP) is 1.95. The molecule has 2 aromatic rings. The standard InChI is InChI=1S/C12H15ClN4/c1-8-14-10-3-4-11(13)15-12(10)17(8)7-9-5-16(2)6-9/h3-4,9H,5-7H2,1-2H3. The van der Waals surface area contributed by atoms with Crippen molar-refractivity contribution in [3.63, 3.8) is 0 Å². The summed E-state index contributed by atoms with van der Waals surface area (Å²) < 4.78 is 2.18. The number of hydrogen-bond acceptors (Lipinski definition) is 3. The van der Waals surface area contributed by atoms with Crippen LogP contribution in [0.2, 0.25) is 5.15 Å². The monoisotopic (exact) mass is 250 g/mol. The van der Waals surface area contributed by atoms with Crippen molar-refractivity contribution in [2.45, 2.75) is 13.5 Å². The van der Waals surface area contributed by atoms with Gasteiger partial charge in [0.25, 0.3) is 0 Å². The number of aryl methyl sites for hydroxylation is 1. The van der Waals surface area contributed by atoms with Gasteiger partial charge < -0.3 is 9.47 Å². The first-order valence-electron chi connectivity index (χ1n) is 5.81. The summed E-state index contributed by atoms with van der Waals surface area (Å²) in [5.41, 5.74) is 1.84. The van der Waals surface area contributed by atoms with Crippen molar-refractivity contribution < 1.29 is 0 Å². The number of halogens is 1. The first-order valence-corrected chi connectivity index (χ1v) is 6.19. The number of aromatic nitrogens is 3. The van der Waals surface area contributed by atoms with Gasteiger partial charge in [0.05, 0.1) is 0 Å². The smallest absolute Gasteiger partial charge is 0.161 e. The van der Waals surface area contributed by atoms with Gasteiger partial charge in [0.15, 0.2) is 5.65 Å². The van der Waals surface area contributed by atoms with Gasteiger partial charge in [-0.3, -0.25) is 0 Å². The number of likely N-dealkylation sites (tertiary alicyclic amines) is 1. The molecule has 0 atom stereocenters. The molecule has 5 heteroatoms. The molecule has 1 saturated heterocycles. The Morgan fingerprint density at radius 2 is 2.12 bits per heavy atom. The molecule has 1 fully saturated rings. The van der Waals surface area contributed by atoms with E-state index in [0.717, 1.165) is 36.6 Å². The molecule has 0 spiro atoms. The molecule has 90 valence electrons. The highest BCUT2D eigenvalue weighted by molar-refractivity contribution is 6.29. The van der Waals surface area contributed by atoms with Gasteiger partial charge >= 0.3 is 0 Å². The van der Waals surface area contributed by atoms with Crippen molar-refractivity contribution in [3.05, 3.63) is 23.1 Å². The van der Waals surface area contributed by atoms with Crippen LogP contribution >= 0.6 is 11.6 Å². The maximum Gasteiger partial charge on any atom is 0.161 e. The van der Waals surface area contributed by atoms with Crippen molar-refractivity contribution >= 4 is 22.8 Å². The Kier molecular flexibility index (Phi) is 2.56. The van der Waals surface area contributed by atoms with E-state index in [-0.39, 0.29) is 0 Å². The van der Waals surface area contributed by atoms with Gasteiger partial charge in [-0.2, -0.15) is 0 Å². The molecule has 0 aliphatic carbocycles. The van der Waals surface area contributed by atoms with Crippen molar-refractivity contribution in [1.82, 2.24) is 19.4 Å². The third-order valence-corrected chi connectivity index (χ3v) is 3.54. The second kappa shape index (κ2) is 3.96. The minimum Gasteiger partial charge on any atom is -0.313 e. The van der Waals surface area contributed by atoms with Crippen LogP contribution in [0.4, 0.5) is 0 Å². The van der Waals surface area contributed by atoms with Crippen LogP contribution in [0.15, 0.2) is 12.1 Å². The van der Waals surface area contributed by atoms with Crippen LogP contribution in [-0.2, 0) is 6.54 Å². The van der Waals surface area contributed by atoms with E-state index in [4.69, 9.17) is 11.6 Å². The fourth-order valence-electron chi connectivity index (χ4n) is 2.51. The molecule has 3 rings (SSSR count). The summed E-state index contributed by atoms with van der Waals surface area (Å²) in [6.07, 6.45) is 0. The van der Waals surface area contributed by atoms with Crippen LogP contribution in [0.1, 0.15) is 5.82 Å². The minimum atomic E-state index is 0.532. The van der Waals surface area contributed by atoms with Gasteiger partial charge in [0.1, 0.15) is 16.5 Å². The van der Waals surface area contributed by atoms with Crippen LogP contribution in [0.25, 0.3) is 11.2 Å². The third kappa shape index (κ3) is 1.91. The van der Waals surface area contributed by atoms with Crippen molar-refractivity contribution in [2.24, 2.45) is 5.92 Å². The Balaban J connectivity index is 1.96. The van der Waals surface area contributed by atoms with E-state index >= 15 is 0 Å². The van der Waals surface area contributed by atoms with E-state index in [0.29, 0.717) is 11.1 Å². The third-order valence-electron chi connectivity index (χ3n) is 3.33. The number of pyridine rings is 1. The molecule has 0 N–H and O–H groups in total. The molecule has 3 heterocycles. The first-order chi connectivity index (χ1) is 8.13. The first kappa shape index (κ1) is 11.0. The fourth-order valence-corrected chi connectivity index (χ4v) is 2.66. The Bertz CT molecular complexity index is 557. The number of rotatable bonds is 2. The number of nitrogens with zero attached hydrogens (tertiary/aromatic N) is 4. The largest absolute Gasteiger partial charge is 0.313 e. The van der Waals surface area contributed by atoms with Gasteiger partial charge in [-0.15, -0.1) is 0 Å². The average molecular weight is 251 g/mol. The summed E-state index contributed by atoms with van der Waals surface area (Å²) in [5, 5.41) is 0.532. The summed E-state index contributed by atoms with van der Waals surface area (Å²) in [5.74, 6) is 1.72. The highest BCUT2D eigenvalue weighted by Crippen LogP contribution is 2.21. The highest BCUT2D eigenvalue weighted by Gasteiger charge is 2.24. The molecule has 0 bridgehead atoms. The normalized spacial score (nSPS) is 17.6. The van der Waals surface area contributed by atoms with E-state index in [9.17, 15) is 0 Å². The van der Waals surface area contributed by atoms with Crippen molar-refractivity contribution in [1.29, 1.82) is 0 Å². The van der Waals surface area contributed by atoms with Crippen molar-refractivity contribution in [3.8, 4) is 0 Å². The lowest BCUT2D eigenvalue weighted by molar-refractivity contribution is 0.119. The average Bonchev–Trinajstić information content (AvgIpc) is 2.53. The number of imidazole rings is 1. The van der Waals surface area contributed by atoms with E-state index in [1.807, 2.05) is 13.0 Å². The van der Waals surface area contributed by atoms with E-state index < -0.39 is 0 Å². The van der Waals surface area contributed by atoms with Crippen LogP contribution in [0, 0.1) is 12.8 Å². The Labute approximate surface area is 105 Å². The van der Waals surface area contributed by atoms with Crippen LogP contribution in [0.5, 0.6) is 0 Å². The molecule has 1 aliphatic rings. The van der Waals surface area contributed by atoms with Crippen LogP contribution in [-0.4, -0.2) is 39.6 Å². The maximum absolute atomic E-state index is 5.95. The molecule has 17 heavy (non-hydrogen) atoms. The molecule has 0 radical (unpaired) electrons. The lowest BCUT2D eigenvalue weighted by Gasteiger charge is -2.36. The molecule has 2 aromatic heterocycles. The molecule has 0 amide bonds. The number of fused-ring (bicyclic) bond motifs is 1. The second-order valence-corrected chi connectivity index (χ2v) is 5.22. The summed E-state index contributed by atoms with van der Waals surface area (Å²) in [4.78, 5) is 11.2. The lowest BCUT2D eigenvalue weighted by atomic mass is 10.0. The molecule has 4 nitrogen and oxygen atoms in total. The van der Waals surface area contributed by atoms with Gasteiger partial charge in [0, 0.05) is 25.6 Å². The van der Waals surface area contributed by atoms with Gasteiger partial charge in [0.2, 0.25) is 0 Å². The van der Waals surface area contributed by atoms with Gasteiger partial charge in [-0.25, -0.2) is 9.97 Å². The lowest BCUT2D eigenvalue weighted by Crippen LogP contribution is -2.45. The zero-order valence-electron chi connectivity index (χ0n) is 10.0. The Hall–Kier alpha value is -1.13. The van der Waals surface area contributed by atoms with E-state index in [1.165, 1.54) is 0 Å². The molecule has 0 unspecified atom stereocenters. The quantitative estimate of drug-likeness (QED) is 0.764. The summed E-state index contributed by atoms with van der Waals surface area (Å²) in [6, 6.07) is 3.72. The second-order valence-electron chi connectivity index (χ2n) is 4.83. The van der Waals surface area contributed by atoms with E-state index in [1.54, 1.807) is 6.07 Å². The molecule has 1 aliphatic heterocycles. The van der Waals surface area contributed by atoms with E-state index in [2.05, 4.69) is 26.5 Å². The van der Waals surface area contributed by atoms with Gasteiger partial charge in [-0.1, -0.05) is 11.6 Å². The zero-order valence-corrected chi connectivity index (χ0v) is 10.8. The van der Waals surface area contributed by atoms with Crippen LogP contribution < -0.4 is 0 Å². The Morgan fingerprint density at radius 1 is 1.35 bits per heavy atom. The molecular formula is C12H15ClN4. The molecular weight excluding hydrogens is 236 g/mol. The number of hydrogen-bond donors (Lipinski definition) is 0. The predicted molar refractivity (Wildman–Crippen MR) is 68.3 cm³/mol. The van der Waals surface area contributed by atoms with Gasteiger partial charge in [-0.05, 0) is 26.1 Å².